The molecule has 0 N–H and O–H groups in total. The summed E-state index contributed by atoms with van der Waals surface area (Å²) in [4.78, 5) is 0. The van der Waals surface area contributed by atoms with Crippen LogP contribution in [0.25, 0.3) is 11.1 Å². The largest absolute Gasteiger partial charge is 0.0984 e. The molecule has 0 heteroatoms. The van der Waals surface area contributed by atoms with Gasteiger partial charge in [-0.25, -0.2) is 0 Å². The fourth-order valence-corrected chi connectivity index (χ4v) is 4.78. The maximum atomic E-state index is 4.09. The van der Waals surface area contributed by atoms with Crippen molar-refractivity contribution in [3.05, 3.63) is 107 Å². The Bertz CT molecular complexity index is 950. The summed E-state index contributed by atoms with van der Waals surface area (Å²) in [5.41, 5.74) is 10.8. The van der Waals surface area contributed by atoms with Crippen molar-refractivity contribution in [1.29, 1.82) is 0 Å². The van der Waals surface area contributed by atoms with Crippen LogP contribution in [0.3, 0.4) is 0 Å². The zero-order valence-electron chi connectivity index (χ0n) is 14.6. The molecule has 0 heterocycles. The lowest BCUT2D eigenvalue weighted by atomic mass is 9.70. The molecule has 0 bridgehead atoms. The minimum absolute atomic E-state index is 0.147. The summed E-state index contributed by atoms with van der Waals surface area (Å²) in [6, 6.07) is 17.6. The van der Waals surface area contributed by atoms with Gasteiger partial charge in [-0.05, 0) is 65.3 Å². The van der Waals surface area contributed by atoms with Crippen molar-refractivity contribution in [2.75, 3.05) is 0 Å². The van der Waals surface area contributed by atoms with Crippen LogP contribution >= 0.6 is 0 Å². The summed E-state index contributed by atoms with van der Waals surface area (Å²) in [5.74, 6) is 0. The smallest absolute Gasteiger partial charge is 0.0645 e. The zero-order chi connectivity index (χ0) is 16.9. The number of benzene rings is 2. The van der Waals surface area contributed by atoms with E-state index in [0.717, 1.165) is 0 Å². The van der Waals surface area contributed by atoms with Gasteiger partial charge in [0.1, 0.15) is 0 Å². The summed E-state index contributed by atoms with van der Waals surface area (Å²) in [6.07, 6.45) is 6.42. The van der Waals surface area contributed by atoms with E-state index in [-0.39, 0.29) is 5.41 Å². The molecule has 24 heavy (non-hydrogen) atoms. The molecule has 1 atom stereocenters. The predicted molar refractivity (Wildman–Crippen MR) is 104 cm³/mol. The van der Waals surface area contributed by atoms with Crippen molar-refractivity contribution in [2.45, 2.75) is 26.2 Å². The molecule has 1 spiro atoms. The van der Waals surface area contributed by atoms with Crippen molar-refractivity contribution >= 4 is 11.1 Å². The third-order valence-corrected chi connectivity index (χ3v) is 5.71. The monoisotopic (exact) mass is 310 g/mol. The molecule has 0 saturated carbocycles. The summed E-state index contributed by atoms with van der Waals surface area (Å²) in [6.45, 7) is 10.8. The Kier molecular flexibility index (Phi) is 3.25. The Hall–Kier alpha value is -2.60. The number of hydrogen-bond acceptors (Lipinski definition) is 0. The minimum atomic E-state index is -0.147. The van der Waals surface area contributed by atoms with E-state index in [1.54, 1.807) is 0 Å². The molecule has 2 aliphatic rings. The van der Waals surface area contributed by atoms with Crippen LogP contribution in [-0.4, -0.2) is 0 Å². The first kappa shape index (κ1) is 15.0. The van der Waals surface area contributed by atoms with Gasteiger partial charge in [0.15, 0.2) is 0 Å². The Morgan fingerprint density at radius 3 is 1.83 bits per heavy atom. The maximum absolute atomic E-state index is 4.09. The molecule has 2 aromatic carbocycles. The average Bonchev–Trinajstić information content (AvgIpc) is 3.01. The van der Waals surface area contributed by atoms with E-state index in [9.17, 15) is 0 Å². The lowest BCUT2D eigenvalue weighted by Gasteiger charge is -2.32. The van der Waals surface area contributed by atoms with Crippen LogP contribution in [-0.2, 0) is 5.41 Å². The highest BCUT2D eigenvalue weighted by Crippen LogP contribution is 2.60. The first-order valence-electron chi connectivity index (χ1n) is 8.55. The second kappa shape index (κ2) is 5.21. The van der Waals surface area contributed by atoms with E-state index in [1.165, 1.54) is 44.5 Å². The lowest BCUT2D eigenvalue weighted by molar-refractivity contribution is 0.741. The van der Waals surface area contributed by atoms with Gasteiger partial charge in [0.2, 0.25) is 0 Å². The van der Waals surface area contributed by atoms with Crippen LogP contribution in [0, 0.1) is 0 Å². The first-order valence-corrected chi connectivity index (χ1v) is 8.55. The molecular formula is C24H22. The maximum Gasteiger partial charge on any atom is 0.0645 e. The van der Waals surface area contributed by atoms with E-state index in [2.05, 4.69) is 88.0 Å². The number of rotatable bonds is 2. The quantitative estimate of drug-likeness (QED) is 0.610. The SMILES string of the molecule is C=CC1=C(C)C2(C(C)=C(C=CC)c3ccccc32)c2ccccc21. The molecular weight excluding hydrogens is 288 g/mol. The highest BCUT2D eigenvalue weighted by molar-refractivity contribution is 5.97. The van der Waals surface area contributed by atoms with Crippen molar-refractivity contribution < 1.29 is 0 Å². The summed E-state index contributed by atoms with van der Waals surface area (Å²) < 4.78 is 0. The van der Waals surface area contributed by atoms with Gasteiger partial charge < -0.3 is 0 Å². The van der Waals surface area contributed by atoms with E-state index in [0.29, 0.717) is 0 Å². The molecule has 0 saturated heterocycles. The molecule has 0 nitrogen and oxygen atoms in total. The Balaban J connectivity index is 2.19. The van der Waals surface area contributed by atoms with Gasteiger partial charge in [-0.15, -0.1) is 0 Å². The molecule has 2 aliphatic carbocycles. The van der Waals surface area contributed by atoms with Crippen molar-refractivity contribution in [3.63, 3.8) is 0 Å². The molecule has 4 rings (SSSR count). The number of hydrogen-bond donors (Lipinski definition) is 0. The molecule has 1 unspecified atom stereocenters. The van der Waals surface area contributed by atoms with E-state index < -0.39 is 0 Å². The normalized spacial score (nSPS) is 21.8. The molecule has 118 valence electrons. The van der Waals surface area contributed by atoms with E-state index >= 15 is 0 Å². The second-order valence-corrected chi connectivity index (χ2v) is 6.62. The fraction of sp³-hybridized carbons (Fsp3) is 0.167. The average molecular weight is 310 g/mol. The van der Waals surface area contributed by atoms with Gasteiger partial charge in [-0.1, -0.05) is 73.3 Å². The zero-order valence-corrected chi connectivity index (χ0v) is 14.6. The number of fused-ring (bicyclic) bond motifs is 4. The van der Waals surface area contributed by atoms with Gasteiger partial charge in [-0.3, -0.25) is 0 Å². The van der Waals surface area contributed by atoms with E-state index in [1.807, 2.05) is 6.08 Å². The summed E-state index contributed by atoms with van der Waals surface area (Å²) >= 11 is 0. The molecule has 0 aromatic heterocycles. The topological polar surface area (TPSA) is 0 Å². The minimum Gasteiger partial charge on any atom is -0.0984 e. The molecule has 0 amide bonds. The Morgan fingerprint density at radius 2 is 1.29 bits per heavy atom. The molecule has 0 radical (unpaired) electrons. The van der Waals surface area contributed by atoms with Crippen LogP contribution in [0.1, 0.15) is 43.0 Å². The van der Waals surface area contributed by atoms with Crippen LogP contribution in [0.5, 0.6) is 0 Å². The van der Waals surface area contributed by atoms with Gasteiger partial charge >= 0.3 is 0 Å². The van der Waals surface area contributed by atoms with Crippen molar-refractivity contribution in [2.24, 2.45) is 0 Å². The fourth-order valence-electron chi connectivity index (χ4n) is 4.78. The molecule has 0 aliphatic heterocycles. The van der Waals surface area contributed by atoms with Gasteiger partial charge in [0, 0.05) is 0 Å². The highest BCUT2D eigenvalue weighted by Gasteiger charge is 2.50. The lowest BCUT2D eigenvalue weighted by Crippen LogP contribution is -2.26. The van der Waals surface area contributed by atoms with Gasteiger partial charge in [0.05, 0.1) is 5.41 Å². The second-order valence-electron chi connectivity index (χ2n) is 6.62. The molecule has 2 aromatic rings. The third kappa shape index (κ3) is 1.58. The third-order valence-electron chi connectivity index (χ3n) is 5.71. The highest BCUT2D eigenvalue weighted by atomic mass is 14.5. The van der Waals surface area contributed by atoms with Crippen molar-refractivity contribution in [3.8, 4) is 0 Å². The van der Waals surface area contributed by atoms with Crippen LogP contribution < -0.4 is 0 Å². The predicted octanol–water partition coefficient (Wildman–Crippen LogP) is 6.31. The Morgan fingerprint density at radius 1 is 0.792 bits per heavy atom. The Labute approximate surface area is 144 Å². The van der Waals surface area contributed by atoms with Gasteiger partial charge in [-0.2, -0.15) is 0 Å². The summed E-state index contributed by atoms with van der Waals surface area (Å²) in [5, 5.41) is 0. The molecule has 0 fully saturated rings. The van der Waals surface area contributed by atoms with Crippen LogP contribution in [0.4, 0.5) is 0 Å². The van der Waals surface area contributed by atoms with Crippen molar-refractivity contribution in [1.82, 2.24) is 0 Å². The van der Waals surface area contributed by atoms with Gasteiger partial charge in [0.25, 0.3) is 0 Å². The number of allylic oxidation sites excluding steroid dienone is 7. The standard InChI is InChI=1S/C24H22/c1-5-11-19-17(4)24(23-15-10-8-13-21(19)23)16(3)18(6-2)20-12-7-9-14-22(20)24/h5-15H,2H2,1,3-4H3. The van der Waals surface area contributed by atoms with Crippen LogP contribution in [0.2, 0.25) is 0 Å². The van der Waals surface area contributed by atoms with Crippen LogP contribution in [0.15, 0.2) is 84.5 Å². The van der Waals surface area contributed by atoms with E-state index in [4.69, 9.17) is 0 Å². The summed E-state index contributed by atoms with van der Waals surface area (Å²) in [7, 11) is 0. The first-order chi connectivity index (χ1) is 11.7.